The smallest absolute Gasteiger partial charge is 0.00508 e. The van der Waals surface area contributed by atoms with E-state index in [1.54, 1.807) is 0 Å². The van der Waals surface area contributed by atoms with Gasteiger partial charge in [-0.2, -0.15) is 0 Å². The van der Waals surface area contributed by atoms with Gasteiger partial charge in [0.25, 0.3) is 0 Å². The molecular formula is C10H22N2. The average molecular weight is 170 g/mol. The molecule has 0 saturated carbocycles. The first kappa shape index (κ1) is 11.7. The first-order chi connectivity index (χ1) is 5.66. The van der Waals surface area contributed by atoms with Gasteiger partial charge in [0.2, 0.25) is 0 Å². The molecule has 4 N–H and O–H groups in total. The summed E-state index contributed by atoms with van der Waals surface area (Å²) in [6.07, 6.45) is 5.61. The number of hydrogen-bond acceptors (Lipinski definition) is 2. The molecule has 0 fully saturated rings. The molecule has 0 amide bonds. The maximum Gasteiger partial charge on any atom is 0.00508 e. The molecule has 0 aromatic rings. The molecule has 1 atom stereocenters. The van der Waals surface area contributed by atoms with E-state index in [0.717, 1.165) is 19.3 Å². The summed E-state index contributed by atoms with van der Waals surface area (Å²) in [4.78, 5) is 0. The van der Waals surface area contributed by atoms with Gasteiger partial charge in [-0.15, -0.1) is 6.58 Å². The van der Waals surface area contributed by atoms with Crippen molar-refractivity contribution in [2.75, 3.05) is 6.54 Å². The van der Waals surface area contributed by atoms with Gasteiger partial charge in [0, 0.05) is 6.04 Å². The number of allylic oxidation sites excluding steroid dienone is 1. The van der Waals surface area contributed by atoms with E-state index in [1.165, 1.54) is 18.4 Å². The maximum atomic E-state index is 5.80. The van der Waals surface area contributed by atoms with E-state index in [9.17, 15) is 0 Å². The fourth-order valence-electron chi connectivity index (χ4n) is 1.19. The molecule has 0 aliphatic rings. The molecular weight excluding hydrogens is 148 g/mol. The van der Waals surface area contributed by atoms with Crippen LogP contribution in [-0.2, 0) is 0 Å². The second kappa shape index (κ2) is 7.32. The van der Waals surface area contributed by atoms with Crippen LogP contribution in [0.2, 0.25) is 0 Å². The van der Waals surface area contributed by atoms with Crippen molar-refractivity contribution in [1.29, 1.82) is 0 Å². The minimum absolute atomic E-state index is 0.306. The molecule has 2 heteroatoms. The summed E-state index contributed by atoms with van der Waals surface area (Å²) >= 11 is 0. The molecule has 0 heterocycles. The van der Waals surface area contributed by atoms with E-state index in [4.69, 9.17) is 11.5 Å². The van der Waals surface area contributed by atoms with Gasteiger partial charge in [0.15, 0.2) is 0 Å². The highest BCUT2D eigenvalue weighted by Gasteiger charge is 1.99. The Balaban J connectivity index is 3.13. The molecule has 0 bridgehead atoms. The minimum atomic E-state index is 0.306. The highest BCUT2D eigenvalue weighted by Crippen LogP contribution is 2.08. The molecule has 0 aromatic heterocycles. The largest absolute Gasteiger partial charge is 0.330 e. The lowest BCUT2D eigenvalue weighted by molar-refractivity contribution is 0.537. The Morgan fingerprint density at radius 1 is 1.33 bits per heavy atom. The third-order valence-corrected chi connectivity index (χ3v) is 1.97. The van der Waals surface area contributed by atoms with Crippen molar-refractivity contribution in [2.24, 2.45) is 11.5 Å². The van der Waals surface area contributed by atoms with Crippen LogP contribution in [-0.4, -0.2) is 12.6 Å². The molecule has 2 nitrogen and oxygen atoms in total. The average Bonchev–Trinajstić information content (AvgIpc) is 1.98. The SMILES string of the molecule is C=C(C)CCCCC(N)CCN. The van der Waals surface area contributed by atoms with Gasteiger partial charge >= 0.3 is 0 Å². The zero-order valence-electron chi connectivity index (χ0n) is 8.18. The normalized spacial score (nSPS) is 12.9. The van der Waals surface area contributed by atoms with E-state index < -0.39 is 0 Å². The molecule has 1 unspecified atom stereocenters. The molecule has 0 spiro atoms. The maximum absolute atomic E-state index is 5.80. The Morgan fingerprint density at radius 2 is 2.00 bits per heavy atom. The molecule has 72 valence electrons. The highest BCUT2D eigenvalue weighted by molar-refractivity contribution is 4.87. The Hall–Kier alpha value is -0.340. The molecule has 0 radical (unpaired) electrons. The summed E-state index contributed by atoms with van der Waals surface area (Å²) < 4.78 is 0. The second-order valence-electron chi connectivity index (χ2n) is 3.54. The topological polar surface area (TPSA) is 52.0 Å². The van der Waals surface area contributed by atoms with Crippen LogP contribution in [0.1, 0.15) is 39.0 Å². The molecule has 0 aromatic carbocycles. The lowest BCUT2D eigenvalue weighted by atomic mass is 10.0. The number of hydrogen-bond donors (Lipinski definition) is 2. The van der Waals surface area contributed by atoms with Crippen LogP contribution in [0.25, 0.3) is 0 Å². The molecule has 0 rings (SSSR count). The first-order valence-electron chi connectivity index (χ1n) is 4.77. The van der Waals surface area contributed by atoms with Crippen LogP contribution in [0.4, 0.5) is 0 Å². The zero-order valence-corrected chi connectivity index (χ0v) is 8.18. The highest BCUT2D eigenvalue weighted by atomic mass is 14.6. The Kier molecular flexibility index (Phi) is 7.11. The van der Waals surface area contributed by atoms with Crippen LogP contribution in [0, 0.1) is 0 Å². The first-order valence-corrected chi connectivity index (χ1v) is 4.77. The third kappa shape index (κ3) is 7.76. The van der Waals surface area contributed by atoms with Crippen molar-refractivity contribution < 1.29 is 0 Å². The van der Waals surface area contributed by atoms with E-state index in [1.807, 2.05) is 0 Å². The van der Waals surface area contributed by atoms with Crippen LogP contribution < -0.4 is 11.5 Å². The number of unbranched alkanes of at least 4 members (excludes halogenated alkanes) is 1. The summed E-state index contributed by atoms with van der Waals surface area (Å²) in [7, 11) is 0. The monoisotopic (exact) mass is 170 g/mol. The van der Waals surface area contributed by atoms with E-state index in [-0.39, 0.29) is 0 Å². The van der Waals surface area contributed by atoms with Crippen LogP contribution in [0.15, 0.2) is 12.2 Å². The van der Waals surface area contributed by atoms with Gasteiger partial charge < -0.3 is 11.5 Å². The molecule has 0 aliphatic carbocycles. The number of rotatable bonds is 7. The van der Waals surface area contributed by atoms with E-state index in [2.05, 4.69) is 13.5 Å². The second-order valence-corrected chi connectivity index (χ2v) is 3.54. The van der Waals surface area contributed by atoms with Crippen molar-refractivity contribution in [1.82, 2.24) is 0 Å². The third-order valence-electron chi connectivity index (χ3n) is 1.97. The summed E-state index contributed by atoms with van der Waals surface area (Å²) in [5, 5.41) is 0. The van der Waals surface area contributed by atoms with Gasteiger partial charge in [-0.3, -0.25) is 0 Å². The summed E-state index contributed by atoms with van der Waals surface area (Å²) in [5.74, 6) is 0. The van der Waals surface area contributed by atoms with Crippen LogP contribution in [0.5, 0.6) is 0 Å². The summed E-state index contributed by atoms with van der Waals surface area (Å²) in [5.41, 5.74) is 12.5. The standard InChI is InChI=1S/C10H22N2/c1-9(2)5-3-4-6-10(12)7-8-11/h10H,1,3-8,11-12H2,2H3. The van der Waals surface area contributed by atoms with Crippen molar-refractivity contribution in [3.8, 4) is 0 Å². The Labute approximate surface area is 76.0 Å². The van der Waals surface area contributed by atoms with E-state index in [0.29, 0.717) is 12.6 Å². The predicted octanol–water partition coefficient (Wildman–Crippen LogP) is 1.80. The lowest BCUT2D eigenvalue weighted by Crippen LogP contribution is -2.23. The Bertz CT molecular complexity index is 121. The van der Waals surface area contributed by atoms with Gasteiger partial charge in [-0.1, -0.05) is 12.0 Å². The van der Waals surface area contributed by atoms with Crippen LogP contribution in [0.3, 0.4) is 0 Å². The van der Waals surface area contributed by atoms with Gasteiger partial charge in [-0.05, 0) is 39.2 Å². The van der Waals surface area contributed by atoms with Gasteiger partial charge in [0.1, 0.15) is 0 Å². The van der Waals surface area contributed by atoms with E-state index >= 15 is 0 Å². The zero-order chi connectivity index (χ0) is 9.40. The summed E-state index contributed by atoms with van der Waals surface area (Å²) in [6, 6.07) is 0.306. The number of nitrogens with two attached hydrogens (primary N) is 2. The van der Waals surface area contributed by atoms with Crippen molar-refractivity contribution in [3.63, 3.8) is 0 Å². The molecule has 0 saturated heterocycles. The lowest BCUT2D eigenvalue weighted by Gasteiger charge is -2.09. The Morgan fingerprint density at radius 3 is 2.50 bits per heavy atom. The summed E-state index contributed by atoms with van der Waals surface area (Å²) in [6.45, 7) is 6.64. The van der Waals surface area contributed by atoms with Crippen molar-refractivity contribution in [3.05, 3.63) is 12.2 Å². The fourth-order valence-corrected chi connectivity index (χ4v) is 1.19. The molecule has 12 heavy (non-hydrogen) atoms. The minimum Gasteiger partial charge on any atom is -0.330 e. The molecule has 0 aliphatic heterocycles. The van der Waals surface area contributed by atoms with Crippen LogP contribution >= 0.6 is 0 Å². The van der Waals surface area contributed by atoms with Crippen molar-refractivity contribution in [2.45, 2.75) is 45.1 Å². The van der Waals surface area contributed by atoms with Gasteiger partial charge in [0.05, 0.1) is 0 Å². The predicted molar refractivity (Wildman–Crippen MR) is 54.9 cm³/mol. The van der Waals surface area contributed by atoms with Gasteiger partial charge in [-0.25, -0.2) is 0 Å². The fraction of sp³-hybridized carbons (Fsp3) is 0.800. The quantitative estimate of drug-likeness (QED) is 0.452. The van der Waals surface area contributed by atoms with Crippen molar-refractivity contribution >= 4 is 0 Å².